The third kappa shape index (κ3) is 6.08. The molecule has 2 aromatic rings. The summed E-state index contributed by atoms with van der Waals surface area (Å²) in [5.74, 6) is 1.27. The molecule has 24 heavy (non-hydrogen) atoms. The normalized spacial score (nSPS) is 10.3. The highest BCUT2D eigenvalue weighted by Crippen LogP contribution is 2.29. The fourth-order valence-electron chi connectivity index (χ4n) is 1.77. The summed E-state index contributed by atoms with van der Waals surface area (Å²) in [6, 6.07) is 11.5. The van der Waals surface area contributed by atoms with Crippen LogP contribution in [0.5, 0.6) is 11.6 Å². The number of aryl methyl sites for hydroxylation is 1. The molecule has 0 aliphatic rings. The number of aromatic nitrogens is 1. The molecule has 1 aromatic carbocycles. The van der Waals surface area contributed by atoms with E-state index in [1.165, 1.54) is 0 Å². The molecule has 4 nitrogen and oxygen atoms in total. The predicted molar refractivity (Wildman–Crippen MR) is 103 cm³/mol. The Kier molecular flexibility index (Phi) is 8.61. The third-order valence-electron chi connectivity index (χ3n) is 2.83. The minimum absolute atomic E-state index is 0.498. The fraction of sp³-hybridized carbons (Fsp3) is 0.200. The van der Waals surface area contributed by atoms with Crippen LogP contribution < -0.4 is 10.1 Å². The lowest BCUT2D eigenvalue weighted by molar-refractivity contribution is 0.462. The molecule has 0 aliphatic carbocycles. The van der Waals surface area contributed by atoms with Gasteiger partial charge in [-0.05, 0) is 37.6 Å². The number of ether oxygens (including phenoxy) is 1. The quantitative estimate of drug-likeness (QED) is 0.690. The smallest absolute Gasteiger partial charge is 0.243 e. The van der Waals surface area contributed by atoms with Crippen molar-refractivity contribution in [2.45, 2.75) is 27.7 Å². The number of hydrogen-bond acceptors (Lipinski definition) is 4. The second kappa shape index (κ2) is 10.8. The first kappa shape index (κ1) is 19.2. The van der Waals surface area contributed by atoms with Crippen molar-refractivity contribution in [3.8, 4) is 11.6 Å². The van der Waals surface area contributed by atoms with Gasteiger partial charge in [0.05, 0.1) is 0 Å². The van der Waals surface area contributed by atoms with E-state index >= 15 is 0 Å². The summed E-state index contributed by atoms with van der Waals surface area (Å²) < 4.78 is 5.89. The van der Waals surface area contributed by atoms with Gasteiger partial charge in [-0.25, -0.2) is 4.98 Å². The van der Waals surface area contributed by atoms with Crippen LogP contribution in [0.15, 0.2) is 72.1 Å². The summed E-state index contributed by atoms with van der Waals surface area (Å²) >= 11 is 0. The molecule has 0 radical (unpaired) electrons. The fourth-order valence-corrected chi connectivity index (χ4v) is 1.77. The van der Waals surface area contributed by atoms with Gasteiger partial charge in [0.2, 0.25) is 5.88 Å². The van der Waals surface area contributed by atoms with Crippen LogP contribution >= 0.6 is 0 Å². The monoisotopic (exact) mass is 323 g/mol. The highest BCUT2D eigenvalue weighted by molar-refractivity contribution is 5.83. The van der Waals surface area contributed by atoms with Crippen molar-refractivity contribution in [2.75, 3.05) is 5.32 Å². The van der Waals surface area contributed by atoms with Crippen molar-refractivity contribution < 1.29 is 4.74 Å². The van der Waals surface area contributed by atoms with Gasteiger partial charge in [-0.1, -0.05) is 44.7 Å². The van der Waals surface area contributed by atoms with Crippen LogP contribution in [0.25, 0.3) is 0 Å². The molecule has 0 spiro atoms. The molecule has 1 N–H and O–H groups in total. The molecule has 0 fully saturated rings. The summed E-state index contributed by atoms with van der Waals surface area (Å²) in [7, 11) is 0. The van der Waals surface area contributed by atoms with E-state index in [9.17, 15) is 0 Å². The topological polar surface area (TPSA) is 46.5 Å². The number of allylic oxidation sites excluding steroid dienone is 2. The van der Waals surface area contributed by atoms with Gasteiger partial charge in [0.25, 0.3) is 0 Å². The highest BCUT2D eigenvalue weighted by Gasteiger charge is 2.07. The van der Waals surface area contributed by atoms with Crippen LogP contribution in [0.3, 0.4) is 0 Å². The predicted octanol–water partition coefficient (Wildman–Crippen LogP) is 5.74. The molecule has 0 bridgehead atoms. The van der Waals surface area contributed by atoms with E-state index in [4.69, 9.17) is 4.74 Å². The molecule has 0 saturated carbocycles. The van der Waals surface area contributed by atoms with Crippen LogP contribution in [0.2, 0.25) is 0 Å². The molecule has 0 atom stereocenters. The molecule has 0 unspecified atom stereocenters. The van der Waals surface area contributed by atoms with E-state index in [1.807, 2.05) is 70.2 Å². The van der Waals surface area contributed by atoms with E-state index in [0.717, 1.165) is 17.0 Å². The zero-order valence-corrected chi connectivity index (χ0v) is 14.8. The van der Waals surface area contributed by atoms with Gasteiger partial charge in [-0.15, -0.1) is 0 Å². The number of benzene rings is 1. The molecule has 0 aliphatic heterocycles. The van der Waals surface area contributed by atoms with Crippen LogP contribution in [0.1, 0.15) is 26.3 Å². The zero-order valence-electron chi connectivity index (χ0n) is 14.8. The van der Waals surface area contributed by atoms with Gasteiger partial charge < -0.3 is 10.1 Å². The Hall–Kier alpha value is -2.88. The molecule has 0 saturated heterocycles. The van der Waals surface area contributed by atoms with Gasteiger partial charge in [-0.2, -0.15) is 0 Å². The maximum Gasteiger partial charge on any atom is 0.243 e. The Labute approximate surface area is 144 Å². The number of nitrogens with one attached hydrogen (secondary N) is 1. The summed E-state index contributed by atoms with van der Waals surface area (Å²) in [5.41, 5.74) is 2.44. The molecule has 1 heterocycles. The minimum atomic E-state index is 0.498. The Morgan fingerprint density at radius 3 is 2.67 bits per heavy atom. The Balaban J connectivity index is 0.00000139. The first-order valence-corrected chi connectivity index (χ1v) is 7.99. The van der Waals surface area contributed by atoms with Crippen molar-refractivity contribution in [1.82, 2.24) is 4.98 Å². The van der Waals surface area contributed by atoms with Crippen molar-refractivity contribution in [3.63, 3.8) is 0 Å². The minimum Gasteiger partial charge on any atom is -0.437 e. The van der Waals surface area contributed by atoms with Crippen LogP contribution in [-0.4, -0.2) is 11.2 Å². The number of anilines is 1. The van der Waals surface area contributed by atoms with Crippen molar-refractivity contribution in [3.05, 3.63) is 72.7 Å². The summed E-state index contributed by atoms with van der Waals surface area (Å²) in [6.45, 7) is 11.8. The summed E-state index contributed by atoms with van der Waals surface area (Å²) in [6.07, 6.45) is 6.88. The van der Waals surface area contributed by atoms with Gasteiger partial charge >= 0.3 is 0 Å². The maximum atomic E-state index is 5.89. The molecule has 126 valence electrons. The molecule has 4 heteroatoms. The largest absolute Gasteiger partial charge is 0.437 e. The highest BCUT2D eigenvalue weighted by atomic mass is 16.5. The summed E-state index contributed by atoms with van der Waals surface area (Å²) in [4.78, 5) is 8.37. The number of nitrogens with zero attached hydrogens (tertiary/aromatic N) is 2. The van der Waals surface area contributed by atoms with E-state index in [0.29, 0.717) is 11.6 Å². The van der Waals surface area contributed by atoms with Gasteiger partial charge in [0.15, 0.2) is 0 Å². The molecular weight excluding hydrogens is 298 g/mol. The molecule has 0 amide bonds. The lowest BCUT2D eigenvalue weighted by Gasteiger charge is -2.12. The first-order valence-electron chi connectivity index (χ1n) is 7.99. The van der Waals surface area contributed by atoms with E-state index in [2.05, 4.69) is 21.9 Å². The lowest BCUT2D eigenvalue weighted by Crippen LogP contribution is -2.02. The van der Waals surface area contributed by atoms with E-state index in [-0.39, 0.29) is 0 Å². The van der Waals surface area contributed by atoms with E-state index < -0.39 is 0 Å². The lowest BCUT2D eigenvalue weighted by atomic mass is 10.2. The number of rotatable bonds is 6. The average molecular weight is 323 g/mol. The van der Waals surface area contributed by atoms with E-state index in [1.54, 1.807) is 18.6 Å². The van der Waals surface area contributed by atoms with Crippen LogP contribution in [0, 0.1) is 6.92 Å². The van der Waals surface area contributed by atoms with Crippen molar-refractivity contribution in [2.24, 2.45) is 4.99 Å². The number of aliphatic imine (C=N–C) groups is 1. The second-order valence-corrected chi connectivity index (χ2v) is 4.63. The van der Waals surface area contributed by atoms with Gasteiger partial charge in [-0.3, -0.25) is 4.99 Å². The van der Waals surface area contributed by atoms with Crippen LogP contribution in [-0.2, 0) is 0 Å². The molecule has 1 aromatic heterocycles. The maximum absolute atomic E-state index is 5.89. The Morgan fingerprint density at radius 2 is 1.96 bits per heavy atom. The SMILES string of the molecule is C=C(C=N/C=C\C)Nc1cccnc1Oc1ccccc1C.CC. The second-order valence-electron chi connectivity index (χ2n) is 4.63. The van der Waals surface area contributed by atoms with Gasteiger partial charge in [0, 0.05) is 24.3 Å². The number of hydrogen-bond donors (Lipinski definition) is 1. The third-order valence-corrected chi connectivity index (χ3v) is 2.83. The van der Waals surface area contributed by atoms with Crippen molar-refractivity contribution in [1.29, 1.82) is 0 Å². The van der Waals surface area contributed by atoms with Crippen molar-refractivity contribution >= 4 is 11.9 Å². The summed E-state index contributed by atoms with van der Waals surface area (Å²) in [5, 5.41) is 3.14. The Morgan fingerprint density at radius 1 is 1.21 bits per heavy atom. The van der Waals surface area contributed by atoms with Crippen LogP contribution in [0.4, 0.5) is 5.69 Å². The zero-order chi connectivity index (χ0) is 17.8. The Bertz CT molecular complexity index is 706. The first-order chi connectivity index (χ1) is 11.7. The average Bonchev–Trinajstić information content (AvgIpc) is 2.60. The van der Waals surface area contributed by atoms with Gasteiger partial charge in [0.1, 0.15) is 11.4 Å². The molecular formula is C20H25N3O. The standard InChI is InChI=1S/C18H19N3O.C2H6/c1-4-11-19-13-15(3)21-16-9-7-12-20-18(16)22-17-10-6-5-8-14(17)2;1-2/h4-13,21H,3H2,1-2H3;1-2H3/b11-4-,19-13?;. The number of para-hydroxylation sites is 1. The molecule has 2 rings (SSSR count). The number of pyridine rings is 1.